The van der Waals surface area contributed by atoms with E-state index in [1.165, 1.54) is 13.8 Å². The van der Waals surface area contributed by atoms with E-state index in [1.807, 2.05) is 25.1 Å². The minimum atomic E-state index is -0.106. The van der Waals surface area contributed by atoms with Gasteiger partial charge in [0.15, 0.2) is 0 Å². The van der Waals surface area contributed by atoms with E-state index >= 15 is 0 Å². The fraction of sp³-hybridized carbons (Fsp3) is 0.182. The topological polar surface area (TPSA) is 40.6 Å². The van der Waals surface area contributed by atoms with Gasteiger partial charge in [0.1, 0.15) is 0 Å². The van der Waals surface area contributed by atoms with Crippen molar-refractivity contribution in [3.05, 3.63) is 66.6 Å². The van der Waals surface area contributed by atoms with Gasteiger partial charge in [-0.3, -0.25) is 0 Å². The summed E-state index contributed by atoms with van der Waals surface area (Å²) in [6.45, 7) is 4.19. The summed E-state index contributed by atoms with van der Waals surface area (Å²) >= 11 is 3.62. The van der Waals surface area contributed by atoms with E-state index in [4.69, 9.17) is 0 Å². The third kappa shape index (κ3) is 2.76. The molecule has 0 bridgehead atoms. The fourth-order valence-corrected chi connectivity index (χ4v) is 7.93. The predicted octanol–water partition coefficient (Wildman–Crippen LogP) is 4.22. The Morgan fingerprint density at radius 2 is 1.28 bits per heavy atom. The zero-order valence-corrected chi connectivity index (χ0v) is 19.7. The number of hydrogen-bond donors (Lipinski definition) is 0. The summed E-state index contributed by atoms with van der Waals surface area (Å²) in [6, 6.07) is 12.5. The van der Waals surface area contributed by atoms with Crippen molar-refractivity contribution >= 4 is 60.4 Å². The fourth-order valence-electron chi connectivity index (χ4n) is 3.83. The van der Waals surface area contributed by atoms with Gasteiger partial charge in [0.05, 0.1) is 0 Å². The molecule has 0 radical (unpaired) electrons. The van der Waals surface area contributed by atoms with Gasteiger partial charge < -0.3 is 0 Å². The van der Waals surface area contributed by atoms with Crippen molar-refractivity contribution < 1.29 is 9.59 Å². The van der Waals surface area contributed by atoms with Crippen molar-refractivity contribution in [3.8, 4) is 9.31 Å². The molecule has 0 N–H and O–H groups in total. The first-order valence-electron chi connectivity index (χ1n) is 9.15. The number of nitrogens with zero attached hydrogens (tertiary/aromatic N) is 2. The van der Waals surface area contributed by atoms with Crippen LogP contribution in [0.3, 0.4) is 0 Å². The van der Waals surface area contributed by atoms with Crippen molar-refractivity contribution in [2.75, 3.05) is 14.1 Å². The predicted molar refractivity (Wildman–Crippen MR) is 120 cm³/mol. The first kappa shape index (κ1) is 18.8. The Balaban J connectivity index is 1.68. The van der Waals surface area contributed by atoms with Gasteiger partial charge in [-0.25, -0.2) is 0 Å². The molecule has 0 spiro atoms. The summed E-state index contributed by atoms with van der Waals surface area (Å²) < 4.78 is 2.76. The number of fused-ring (bicyclic) bond motifs is 1. The Labute approximate surface area is 183 Å². The Bertz CT molecular complexity index is 1260. The summed E-state index contributed by atoms with van der Waals surface area (Å²) in [4.78, 5) is 34.0. The van der Waals surface area contributed by atoms with Crippen molar-refractivity contribution in [1.82, 2.24) is 9.80 Å². The molecule has 4 nitrogen and oxygen atoms in total. The number of aryl methyl sites for hydroxylation is 2. The van der Waals surface area contributed by atoms with E-state index in [2.05, 4.69) is 25.1 Å². The van der Waals surface area contributed by atoms with Gasteiger partial charge in [0, 0.05) is 0 Å². The van der Waals surface area contributed by atoms with Crippen molar-refractivity contribution in [3.63, 3.8) is 0 Å². The Kier molecular flexibility index (Phi) is 4.33. The molecule has 146 valence electrons. The monoisotopic (exact) mass is 486 g/mol. The second-order valence-electron chi connectivity index (χ2n) is 7.16. The molecule has 2 amide bonds. The zero-order chi connectivity index (χ0) is 20.4. The summed E-state index contributed by atoms with van der Waals surface area (Å²) in [5, 5.41) is 0. The quantitative estimate of drug-likeness (QED) is 0.522. The molecule has 3 aromatic heterocycles. The maximum absolute atomic E-state index is 13.2. The second-order valence-corrected chi connectivity index (χ2v) is 12.2. The Morgan fingerprint density at radius 3 is 1.79 bits per heavy atom. The molecule has 0 aliphatic carbocycles. The maximum atomic E-state index is 13.2. The molecule has 7 heteroatoms. The third-order valence-electron chi connectivity index (χ3n) is 5.23. The average molecular weight is 485 g/mol. The van der Waals surface area contributed by atoms with Gasteiger partial charge in [-0.15, -0.1) is 0 Å². The van der Waals surface area contributed by atoms with Crippen LogP contribution in [0, 0.1) is 13.8 Å². The molecule has 0 atom stereocenters. The Morgan fingerprint density at radius 1 is 0.724 bits per heavy atom. The van der Waals surface area contributed by atoms with Crippen LogP contribution in [0.25, 0.3) is 20.7 Å². The average Bonchev–Trinajstić information content (AvgIpc) is 3.48. The molecule has 5 heterocycles. The van der Waals surface area contributed by atoms with Gasteiger partial charge in [-0.2, -0.15) is 0 Å². The first-order valence-corrected chi connectivity index (χ1v) is 12.5. The van der Waals surface area contributed by atoms with E-state index in [0.717, 1.165) is 26.0 Å². The summed E-state index contributed by atoms with van der Waals surface area (Å²) in [7, 11) is 3.53. The molecule has 2 aliphatic heterocycles. The second kappa shape index (κ2) is 6.67. The summed E-state index contributed by atoms with van der Waals surface area (Å²) in [5.74, 6) is -0.212. The van der Waals surface area contributed by atoms with Crippen LogP contribution in [0.15, 0.2) is 47.5 Å². The van der Waals surface area contributed by atoms with Crippen molar-refractivity contribution in [2.45, 2.75) is 13.8 Å². The van der Waals surface area contributed by atoms with Crippen molar-refractivity contribution in [1.29, 1.82) is 0 Å². The third-order valence-corrected chi connectivity index (χ3v) is 9.82. The molecule has 0 unspecified atom stereocenters. The van der Waals surface area contributed by atoms with Crippen LogP contribution in [0.1, 0.15) is 19.1 Å². The SMILES string of the molecule is Cc1ccc(C2=C3C(=O)N(C)C(c4ccc(-c5ccc(C)[se]5)s4)=C3C(=O)N2C)s1. The van der Waals surface area contributed by atoms with Crippen LogP contribution in [0.4, 0.5) is 0 Å². The van der Waals surface area contributed by atoms with Crippen LogP contribution in [-0.2, 0) is 9.59 Å². The number of hydrogen-bond acceptors (Lipinski definition) is 4. The molecule has 0 aromatic carbocycles. The normalized spacial score (nSPS) is 16.7. The minimum absolute atomic E-state index is 0.106. The van der Waals surface area contributed by atoms with E-state index in [0.29, 0.717) is 25.6 Å². The number of carbonyl (C=O) groups excluding carboxylic acids is 2. The van der Waals surface area contributed by atoms with Gasteiger partial charge >= 0.3 is 184 Å². The van der Waals surface area contributed by atoms with Gasteiger partial charge in [0.2, 0.25) is 0 Å². The molecule has 0 fully saturated rings. The molecule has 0 saturated heterocycles. The van der Waals surface area contributed by atoms with Crippen molar-refractivity contribution in [2.24, 2.45) is 0 Å². The van der Waals surface area contributed by atoms with Crippen LogP contribution >= 0.6 is 22.7 Å². The number of carbonyl (C=O) groups is 2. The molecule has 0 saturated carbocycles. The van der Waals surface area contributed by atoms with E-state index in [1.54, 1.807) is 46.6 Å². The van der Waals surface area contributed by atoms with Gasteiger partial charge in [0.25, 0.3) is 0 Å². The Hall–Kier alpha value is -2.18. The molecule has 29 heavy (non-hydrogen) atoms. The van der Waals surface area contributed by atoms with E-state index in [-0.39, 0.29) is 11.8 Å². The first-order chi connectivity index (χ1) is 13.9. The number of thiophene rings is 2. The van der Waals surface area contributed by atoms with Crippen LogP contribution < -0.4 is 0 Å². The van der Waals surface area contributed by atoms with E-state index < -0.39 is 0 Å². The van der Waals surface area contributed by atoms with Gasteiger partial charge in [-0.1, -0.05) is 0 Å². The zero-order valence-electron chi connectivity index (χ0n) is 16.4. The van der Waals surface area contributed by atoms with Gasteiger partial charge in [-0.05, 0) is 0 Å². The molecule has 2 aliphatic rings. The standard InChI is InChI=1S/C22H18N2O2S2Se/c1-11-5-7-14(27-11)19-17-18(22(26)23(19)3)20(24(4)21(17)25)15-9-8-13(28-15)16-10-6-12(2)29-16/h5-10H,1-4H3. The number of amides is 2. The summed E-state index contributed by atoms with van der Waals surface area (Å²) in [6.07, 6.45) is 0. The molecular weight excluding hydrogens is 467 g/mol. The molecular formula is C22H18N2O2S2Se. The van der Waals surface area contributed by atoms with E-state index in [9.17, 15) is 9.59 Å². The van der Waals surface area contributed by atoms with Crippen LogP contribution in [0.2, 0.25) is 0 Å². The molecule has 5 rings (SSSR count). The van der Waals surface area contributed by atoms with Crippen LogP contribution in [0.5, 0.6) is 0 Å². The molecule has 3 aromatic rings. The summed E-state index contributed by atoms with van der Waals surface area (Å²) in [5.41, 5.74) is 2.54. The van der Waals surface area contributed by atoms with Crippen LogP contribution in [-0.4, -0.2) is 50.2 Å². The number of likely N-dealkylation sites (N-methyl/N-ethyl adjacent to an activating group) is 2. The number of rotatable bonds is 3.